The molecule has 1 unspecified atom stereocenters. The lowest BCUT2D eigenvalue weighted by molar-refractivity contribution is 0.0597. The number of hydrogen-bond acceptors (Lipinski definition) is 3. The van der Waals surface area contributed by atoms with Crippen LogP contribution in [0.3, 0.4) is 0 Å². The number of ether oxygens (including phenoxy) is 1. The predicted molar refractivity (Wildman–Crippen MR) is 62.2 cm³/mol. The summed E-state index contributed by atoms with van der Waals surface area (Å²) in [7, 11) is 1.28. The molecule has 4 heteroatoms. The van der Waals surface area contributed by atoms with E-state index < -0.39 is 11.3 Å². The number of ketones is 1. The standard InChI is InChI=1S/C12H13ClO3/c1-7-4-5-9(12(15)16-3)10(6-7)11(14)8(2)13/h4-6,8H,1-3H3. The Morgan fingerprint density at radius 3 is 2.44 bits per heavy atom. The third-order valence-electron chi connectivity index (χ3n) is 2.21. The van der Waals surface area contributed by atoms with Crippen molar-refractivity contribution in [2.45, 2.75) is 19.2 Å². The van der Waals surface area contributed by atoms with E-state index in [4.69, 9.17) is 11.6 Å². The van der Waals surface area contributed by atoms with Crippen molar-refractivity contribution in [3.05, 3.63) is 34.9 Å². The molecule has 0 saturated heterocycles. The number of hydrogen-bond donors (Lipinski definition) is 0. The Morgan fingerprint density at radius 2 is 1.94 bits per heavy atom. The zero-order valence-corrected chi connectivity index (χ0v) is 10.2. The Morgan fingerprint density at radius 1 is 1.31 bits per heavy atom. The van der Waals surface area contributed by atoms with Crippen molar-refractivity contribution < 1.29 is 14.3 Å². The van der Waals surface area contributed by atoms with Gasteiger partial charge in [-0.3, -0.25) is 4.79 Å². The highest BCUT2D eigenvalue weighted by Gasteiger charge is 2.20. The molecule has 0 aromatic heterocycles. The maximum atomic E-state index is 11.8. The zero-order chi connectivity index (χ0) is 12.3. The molecule has 1 aromatic rings. The van der Waals surface area contributed by atoms with Crippen molar-refractivity contribution >= 4 is 23.4 Å². The molecule has 0 aliphatic rings. The topological polar surface area (TPSA) is 43.4 Å². The van der Waals surface area contributed by atoms with Crippen LogP contribution in [0, 0.1) is 6.92 Å². The minimum Gasteiger partial charge on any atom is -0.465 e. The second-order valence-corrected chi connectivity index (χ2v) is 4.18. The van der Waals surface area contributed by atoms with Gasteiger partial charge in [0.05, 0.1) is 18.1 Å². The van der Waals surface area contributed by atoms with Crippen molar-refractivity contribution in [2.24, 2.45) is 0 Å². The van der Waals surface area contributed by atoms with E-state index in [1.807, 2.05) is 6.92 Å². The Bertz CT molecular complexity index is 424. The molecule has 0 heterocycles. The molecule has 86 valence electrons. The lowest BCUT2D eigenvalue weighted by Crippen LogP contribution is -2.16. The van der Waals surface area contributed by atoms with E-state index in [1.54, 1.807) is 25.1 Å². The Hall–Kier alpha value is -1.35. The van der Waals surface area contributed by atoms with Gasteiger partial charge in [0.25, 0.3) is 0 Å². The fraction of sp³-hybridized carbons (Fsp3) is 0.333. The van der Waals surface area contributed by atoms with Crippen LogP contribution in [-0.4, -0.2) is 24.2 Å². The molecule has 0 aliphatic heterocycles. The molecule has 16 heavy (non-hydrogen) atoms. The van der Waals surface area contributed by atoms with Crippen molar-refractivity contribution in [1.82, 2.24) is 0 Å². The van der Waals surface area contributed by atoms with Crippen LogP contribution in [0.1, 0.15) is 33.2 Å². The van der Waals surface area contributed by atoms with Gasteiger partial charge in [-0.05, 0) is 26.0 Å². The van der Waals surface area contributed by atoms with Crippen LogP contribution in [0.25, 0.3) is 0 Å². The molecule has 0 aliphatic carbocycles. The van der Waals surface area contributed by atoms with E-state index in [1.165, 1.54) is 7.11 Å². The lowest BCUT2D eigenvalue weighted by atomic mass is 9.99. The highest BCUT2D eigenvalue weighted by Crippen LogP contribution is 2.17. The summed E-state index contributed by atoms with van der Waals surface area (Å²) in [5, 5.41) is -0.662. The number of aryl methyl sites for hydroxylation is 1. The van der Waals surface area contributed by atoms with Crippen LogP contribution in [0.15, 0.2) is 18.2 Å². The first-order valence-electron chi connectivity index (χ1n) is 4.84. The van der Waals surface area contributed by atoms with E-state index >= 15 is 0 Å². The molecule has 0 amide bonds. The van der Waals surface area contributed by atoms with Crippen molar-refractivity contribution in [3.8, 4) is 0 Å². The summed E-state index contributed by atoms with van der Waals surface area (Å²) < 4.78 is 4.61. The molecular weight excluding hydrogens is 228 g/mol. The monoisotopic (exact) mass is 240 g/mol. The predicted octanol–water partition coefficient (Wildman–Crippen LogP) is 2.59. The van der Waals surface area contributed by atoms with Crippen LogP contribution in [0.5, 0.6) is 0 Å². The second kappa shape index (κ2) is 5.12. The SMILES string of the molecule is COC(=O)c1ccc(C)cc1C(=O)C(C)Cl. The summed E-state index contributed by atoms with van der Waals surface area (Å²) in [6.45, 7) is 3.42. The number of rotatable bonds is 3. The minimum atomic E-state index is -0.662. The fourth-order valence-electron chi connectivity index (χ4n) is 1.36. The molecule has 3 nitrogen and oxygen atoms in total. The first kappa shape index (κ1) is 12.7. The number of benzene rings is 1. The number of carbonyl (C=O) groups excluding carboxylic acids is 2. The van der Waals surface area contributed by atoms with Gasteiger partial charge in [0.15, 0.2) is 5.78 Å². The van der Waals surface area contributed by atoms with Crippen LogP contribution in [0.2, 0.25) is 0 Å². The average molecular weight is 241 g/mol. The molecule has 0 saturated carbocycles. The average Bonchev–Trinajstić information content (AvgIpc) is 2.26. The molecule has 1 atom stereocenters. The van der Waals surface area contributed by atoms with E-state index in [2.05, 4.69) is 4.74 Å². The molecule has 1 rings (SSSR count). The first-order valence-corrected chi connectivity index (χ1v) is 5.28. The number of esters is 1. The quantitative estimate of drug-likeness (QED) is 0.463. The number of alkyl halides is 1. The summed E-state index contributed by atoms with van der Waals surface area (Å²) in [6.07, 6.45) is 0. The van der Waals surface area contributed by atoms with E-state index in [0.29, 0.717) is 5.56 Å². The normalized spacial score (nSPS) is 12.0. The van der Waals surface area contributed by atoms with Crippen molar-refractivity contribution in [1.29, 1.82) is 0 Å². The summed E-state index contributed by atoms with van der Waals surface area (Å²) in [5.41, 5.74) is 1.47. The Balaban J connectivity index is 3.29. The van der Waals surface area contributed by atoms with Gasteiger partial charge in [-0.25, -0.2) is 4.79 Å². The fourth-order valence-corrected chi connectivity index (χ4v) is 1.48. The van der Waals surface area contributed by atoms with E-state index in [9.17, 15) is 9.59 Å². The Labute approximate surface area is 99.4 Å². The second-order valence-electron chi connectivity index (χ2n) is 3.52. The first-order chi connectivity index (χ1) is 7.47. The summed E-state index contributed by atoms with van der Waals surface area (Å²) >= 11 is 5.73. The number of halogens is 1. The number of methoxy groups -OCH3 is 1. The number of carbonyl (C=O) groups is 2. The van der Waals surface area contributed by atoms with E-state index in [0.717, 1.165) is 5.56 Å². The summed E-state index contributed by atoms with van der Waals surface area (Å²) in [4.78, 5) is 23.3. The number of Topliss-reactive ketones (excluding diaryl/α,β-unsaturated/α-hetero) is 1. The Kier molecular flexibility index (Phi) is 4.07. The molecule has 0 spiro atoms. The van der Waals surface area contributed by atoms with Gasteiger partial charge in [0.2, 0.25) is 0 Å². The van der Waals surface area contributed by atoms with Gasteiger partial charge in [0, 0.05) is 5.56 Å². The largest absolute Gasteiger partial charge is 0.465 e. The lowest BCUT2D eigenvalue weighted by Gasteiger charge is -2.09. The maximum Gasteiger partial charge on any atom is 0.338 e. The molecule has 1 aromatic carbocycles. The van der Waals surface area contributed by atoms with Crippen LogP contribution >= 0.6 is 11.6 Å². The molecule has 0 fully saturated rings. The zero-order valence-electron chi connectivity index (χ0n) is 9.41. The van der Waals surface area contributed by atoms with Crippen LogP contribution in [-0.2, 0) is 4.74 Å². The summed E-state index contributed by atoms with van der Waals surface area (Å²) in [5.74, 6) is -0.800. The van der Waals surface area contributed by atoms with Gasteiger partial charge in [-0.15, -0.1) is 11.6 Å². The van der Waals surface area contributed by atoms with Crippen LogP contribution in [0.4, 0.5) is 0 Å². The van der Waals surface area contributed by atoms with Gasteiger partial charge < -0.3 is 4.74 Å². The summed E-state index contributed by atoms with van der Waals surface area (Å²) in [6, 6.07) is 4.98. The molecule has 0 N–H and O–H groups in total. The molecule has 0 bridgehead atoms. The van der Waals surface area contributed by atoms with Gasteiger partial charge in [0.1, 0.15) is 0 Å². The van der Waals surface area contributed by atoms with Gasteiger partial charge in [-0.2, -0.15) is 0 Å². The van der Waals surface area contributed by atoms with Crippen LogP contribution < -0.4 is 0 Å². The highest BCUT2D eigenvalue weighted by atomic mass is 35.5. The van der Waals surface area contributed by atoms with Gasteiger partial charge in [-0.1, -0.05) is 11.6 Å². The van der Waals surface area contributed by atoms with Gasteiger partial charge >= 0.3 is 5.97 Å². The highest BCUT2D eigenvalue weighted by molar-refractivity contribution is 6.34. The maximum absolute atomic E-state index is 11.8. The minimum absolute atomic E-state index is 0.255. The van der Waals surface area contributed by atoms with Crippen molar-refractivity contribution in [2.75, 3.05) is 7.11 Å². The third-order valence-corrected chi connectivity index (χ3v) is 2.41. The third kappa shape index (κ3) is 2.61. The molecule has 0 radical (unpaired) electrons. The smallest absolute Gasteiger partial charge is 0.338 e. The molecular formula is C12H13ClO3. The van der Waals surface area contributed by atoms with Crippen molar-refractivity contribution in [3.63, 3.8) is 0 Å². The van der Waals surface area contributed by atoms with E-state index in [-0.39, 0.29) is 11.3 Å².